The van der Waals surface area contributed by atoms with Crippen LogP contribution in [0.1, 0.15) is 28.9 Å². The van der Waals surface area contributed by atoms with Crippen LogP contribution in [0.2, 0.25) is 0 Å². The van der Waals surface area contributed by atoms with Gasteiger partial charge in [0.1, 0.15) is 6.07 Å². The molecular weight excluding hydrogens is 386 g/mol. The van der Waals surface area contributed by atoms with Gasteiger partial charge < -0.3 is 24.8 Å². The third kappa shape index (κ3) is 3.89. The van der Waals surface area contributed by atoms with Gasteiger partial charge in [0.25, 0.3) is 5.89 Å². The quantitative estimate of drug-likeness (QED) is 0.665. The number of piperidine rings is 1. The molecule has 30 heavy (non-hydrogen) atoms. The Morgan fingerprint density at radius 2 is 2.03 bits per heavy atom. The number of amides is 2. The van der Waals surface area contributed by atoms with Crippen LogP contribution in [-0.2, 0) is 4.79 Å². The molecule has 9 nitrogen and oxygen atoms in total. The van der Waals surface area contributed by atoms with Crippen molar-refractivity contribution in [1.82, 2.24) is 4.98 Å². The fraction of sp³-hybridized carbons (Fsp3) is 0.238. The van der Waals surface area contributed by atoms with Gasteiger partial charge in [-0.2, -0.15) is 10.2 Å². The summed E-state index contributed by atoms with van der Waals surface area (Å²) >= 11 is 0. The number of nitrogens with one attached hydrogen (secondary N) is 1. The largest absolute Gasteiger partial charge is 0.459 e. The molecule has 0 aliphatic carbocycles. The van der Waals surface area contributed by atoms with E-state index in [0.717, 1.165) is 0 Å². The van der Waals surface area contributed by atoms with Gasteiger partial charge in [0, 0.05) is 30.3 Å². The number of primary amides is 1. The summed E-state index contributed by atoms with van der Waals surface area (Å²) in [5, 5.41) is 12.2. The average molecular weight is 405 g/mol. The van der Waals surface area contributed by atoms with Crippen molar-refractivity contribution in [2.24, 2.45) is 11.7 Å². The number of benzene rings is 1. The van der Waals surface area contributed by atoms with Gasteiger partial charge in [-0.3, -0.25) is 9.59 Å². The van der Waals surface area contributed by atoms with Crippen molar-refractivity contribution in [2.75, 3.05) is 23.3 Å². The van der Waals surface area contributed by atoms with Gasteiger partial charge in [0.2, 0.25) is 23.4 Å². The molecule has 2 amide bonds. The molecular formula is C21H19N5O4. The minimum Gasteiger partial charge on any atom is -0.459 e. The maximum absolute atomic E-state index is 12.6. The number of aromatic nitrogens is 1. The summed E-state index contributed by atoms with van der Waals surface area (Å²) in [5.41, 5.74) is 6.34. The standard InChI is InChI=1S/C21H19N5O4/c22-12-16-21(30-20(25-16)17-5-2-10-29-17)26-8-6-13(7-9-26)19(28)24-15-4-1-3-14(11-15)18(23)27/h1-5,10-11,13H,6-9H2,(H2,23,27)(H,24,28). The molecule has 1 aliphatic heterocycles. The Morgan fingerprint density at radius 3 is 2.70 bits per heavy atom. The van der Waals surface area contributed by atoms with Crippen molar-refractivity contribution in [2.45, 2.75) is 12.8 Å². The summed E-state index contributed by atoms with van der Waals surface area (Å²) in [6, 6.07) is 12.0. The van der Waals surface area contributed by atoms with Gasteiger partial charge in [-0.05, 0) is 43.2 Å². The lowest BCUT2D eigenvalue weighted by atomic mass is 9.95. The van der Waals surface area contributed by atoms with E-state index in [1.165, 1.54) is 6.26 Å². The molecule has 0 atom stereocenters. The number of nitrogens with two attached hydrogens (primary N) is 1. The van der Waals surface area contributed by atoms with Crippen LogP contribution < -0.4 is 16.0 Å². The van der Waals surface area contributed by atoms with Crippen molar-refractivity contribution < 1.29 is 18.4 Å². The second kappa shape index (κ2) is 8.13. The Labute approximate surface area is 172 Å². The molecule has 0 saturated carbocycles. The topological polar surface area (TPSA) is 138 Å². The molecule has 0 spiro atoms. The van der Waals surface area contributed by atoms with Gasteiger partial charge in [0.05, 0.1) is 6.26 Å². The van der Waals surface area contributed by atoms with E-state index in [9.17, 15) is 14.9 Å². The Hall–Kier alpha value is -4.06. The van der Waals surface area contributed by atoms with E-state index in [-0.39, 0.29) is 23.4 Å². The predicted octanol–water partition coefficient (Wildman–Crippen LogP) is 2.76. The zero-order valence-electron chi connectivity index (χ0n) is 16.0. The molecule has 1 fully saturated rings. The molecule has 1 aromatic carbocycles. The minimum absolute atomic E-state index is 0.120. The second-order valence-electron chi connectivity index (χ2n) is 6.96. The molecule has 0 bridgehead atoms. The summed E-state index contributed by atoms with van der Waals surface area (Å²) in [6.07, 6.45) is 2.68. The zero-order valence-corrected chi connectivity index (χ0v) is 16.0. The molecule has 3 aromatic rings. The molecule has 3 heterocycles. The highest BCUT2D eigenvalue weighted by Crippen LogP contribution is 2.31. The van der Waals surface area contributed by atoms with Crippen molar-refractivity contribution in [3.8, 4) is 17.7 Å². The first-order valence-electron chi connectivity index (χ1n) is 9.45. The molecule has 2 aromatic heterocycles. The van der Waals surface area contributed by atoms with E-state index in [1.807, 2.05) is 4.90 Å². The molecule has 0 radical (unpaired) electrons. The smallest absolute Gasteiger partial charge is 0.266 e. The van der Waals surface area contributed by atoms with Gasteiger partial charge in [-0.1, -0.05) is 6.07 Å². The lowest BCUT2D eigenvalue weighted by molar-refractivity contribution is -0.120. The van der Waals surface area contributed by atoms with Crippen LogP contribution in [0.15, 0.2) is 51.5 Å². The van der Waals surface area contributed by atoms with Crippen molar-refractivity contribution in [3.05, 3.63) is 53.9 Å². The Bertz CT molecular complexity index is 1100. The van der Waals surface area contributed by atoms with E-state index < -0.39 is 5.91 Å². The van der Waals surface area contributed by atoms with Gasteiger partial charge in [0.15, 0.2) is 5.76 Å². The highest BCUT2D eigenvalue weighted by atomic mass is 16.4. The lowest BCUT2D eigenvalue weighted by Crippen LogP contribution is -2.38. The van der Waals surface area contributed by atoms with Crippen LogP contribution >= 0.6 is 0 Å². The van der Waals surface area contributed by atoms with E-state index in [4.69, 9.17) is 14.6 Å². The minimum atomic E-state index is -0.548. The second-order valence-corrected chi connectivity index (χ2v) is 6.96. The van der Waals surface area contributed by atoms with Crippen molar-refractivity contribution in [3.63, 3.8) is 0 Å². The van der Waals surface area contributed by atoms with Crippen molar-refractivity contribution >= 4 is 23.4 Å². The fourth-order valence-corrected chi connectivity index (χ4v) is 3.44. The third-order valence-corrected chi connectivity index (χ3v) is 5.01. The maximum atomic E-state index is 12.6. The molecule has 3 N–H and O–H groups in total. The highest BCUT2D eigenvalue weighted by Gasteiger charge is 2.29. The number of hydrogen-bond acceptors (Lipinski definition) is 7. The first kappa shape index (κ1) is 19.3. The number of oxazole rings is 1. The van der Waals surface area contributed by atoms with Gasteiger partial charge in [-0.25, -0.2) is 0 Å². The fourth-order valence-electron chi connectivity index (χ4n) is 3.44. The molecule has 152 valence electrons. The Balaban J connectivity index is 1.40. The van der Waals surface area contributed by atoms with Crippen molar-refractivity contribution in [1.29, 1.82) is 5.26 Å². The Morgan fingerprint density at radius 1 is 1.23 bits per heavy atom. The SMILES string of the molecule is N#Cc1nc(-c2ccco2)oc1N1CCC(C(=O)Nc2cccc(C(N)=O)c2)CC1. The van der Waals surface area contributed by atoms with E-state index in [2.05, 4.69) is 16.4 Å². The Kier molecular flexibility index (Phi) is 5.22. The molecule has 0 unspecified atom stereocenters. The normalized spacial score (nSPS) is 14.3. The number of anilines is 2. The summed E-state index contributed by atoms with van der Waals surface area (Å²) < 4.78 is 11.1. The molecule has 1 saturated heterocycles. The number of carbonyl (C=O) groups excluding carboxylic acids is 2. The first-order valence-corrected chi connectivity index (χ1v) is 9.45. The zero-order chi connectivity index (χ0) is 21.1. The molecule has 1 aliphatic rings. The summed E-state index contributed by atoms with van der Waals surface area (Å²) in [7, 11) is 0. The monoisotopic (exact) mass is 405 g/mol. The van der Waals surface area contributed by atoms with Crippen LogP contribution in [0.4, 0.5) is 11.6 Å². The highest BCUT2D eigenvalue weighted by molar-refractivity contribution is 5.97. The number of furan rings is 1. The number of nitrogens with zero attached hydrogens (tertiary/aromatic N) is 3. The van der Waals surface area contributed by atoms with Gasteiger partial charge in [-0.15, -0.1) is 0 Å². The third-order valence-electron chi connectivity index (χ3n) is 5.01. The lowest BCUT2D eigenvalue weighted by Gasteiger charge is -2.31. The molecule has 9 heteroatoms. The number of nitriles is 1. The number of carbonyl (C=O) groups is 2. The number of rotatable bonds is 5. The van der Waals surface area contributed by atoms with Crippen LogP contribution in [-0.4, -0.2) is 29.9 Å². The van der Waals surface area contributed by atoms with E-state index in [0.29, 0.717) is 48.8 Å². The average Bonchev–Trinajstić information content (AvgIpc) is 3.43. The van der Waals surface area contributed by atoms with Crippen LogP contribution in [0, 0.1) is 17.2 Å². The van der Waals surface area contributed by atoms with E-state index in [1.54, 1.807) is 36.4 Å². The van der Waals surface area contributed by atoms with E-state index >= 15 is 0 Å². The first-order chi connectivity index (χ1) is 14.5. The summed E-state index contributed by atoms with van der Waals surface area (Å²) in [6.45, 7) is 1.09. The molecule has 4 rings (SSSR count). The van der Waals surface area contributed by atoms with Gasteiger partial charge >= 0.3 is 0 Å². The summed E-state index contributed by atoms with van der Waals surface area (Å²) in [5.74, 6) is 0.221. The predicted molar refractivity (Wildman–Crippen MR) is 107 cm³/mol. The van der Waals surface area contributed by atoms with Crippen LogP contribution in [0.5, 0.6) is 0 Å². The van der Waals surface area contributed by atoms with Crippen LogP contribution in [0.25, 0.3) is 11.7 Å². The number of hydrogen-bond donors (Lipinski definition) is 2. The maximum Gasteiger partial charge on any atom is 0.266 e. The summed E-state index contributed by atoms with van der Waals surface area (Å²) in [4.78, 5) is 30.0. The van der Waals surface area contributed by atoms with Crippen LogP contribution in [0.3, 0.4) is 0 Å².